The summed E-state index contributed by atoms with van der Waals surface area (Å²) in [5.74, 6) is 0.741. The van der Waals surface area contributed by atoms with Gasteiger partial charge in [-0.25, -0.2) is 4.39 Å². The van der Waals surface area contributed by atoms with Gasteiger partial charge < -0.3 is 20.1 Å². The molecule has 2 aromatic carbocycles. The van der Waals surface area contributed by atoms with E-state index < -0.39 is 0 Å². The molecule has 1 amide bonds. The normalized spacial score (nSPS) is 10.0. The molecule has 2 N–H and O–H groups in total. The number of carbonyl (C=O) groups excluding carboxylic acids is 1. The molecule has 122 valence electrons. The molecule has 0 saturated carbocycles. The third-order valence-electron chi connectivity index (χ3n) is 3.21. The average Bonchev–Trinajstić information content (AvgIpc) is 2.57. The van der Waals surface area contributed by atoms with Gasteiger partial charge in [0, 0.05) is 24.7 Å². The number of hydrogen-bond acceptors (Lipinski definition) is 4. The van der Waals surface area contributed by atoms with Crippen LogP contribution < -0.4 is 20.1 Å². The fraction of sp³-hybridized carbons (Fsp3) is 0.235. The average molecular weight is 318 g/mol. The van der Waals surface area contributed by atoms with Crippen LogP contribution in [0.1, 0.15) is 6.42 Å². The van der Waals surface area contributed by atoms with Crippen LogP contribution in [-0.4, -0.2) is 26.7 Å². The Balaban J connectivity index is 1.86. The molecule has 0 radical (unpaired) electrons. The SMILES string of the molecule is COc1ccc(NC(=O)CCNc2ccc(F)cc2)c(OC)c1. The van der Waals surface area contributed by atoms with Gasteiger partial charge >= 0.3 is 0 Å². The highest BCUT2D eigenvalue weighted by atomic mass is 19.1. The number of halogens is 1. The van der Waals surface area contributed by atoms with Crippen molar-refractivity contribution in [2.75, 3.05) is 31.4 Å². The quantitative estimate of drug-likeness (QED) is 0.822. The van der Waals surface area contributed by atoms with E-state index in [1.54, 1.807) is 37.4 Å². The van der Waals surface area contributed by atoms with Gasteiger partial charge in [-0.3, -0.25) is 4.79 Å². The van der Waals surface area contributed by atoms with Gasteiger partial charge in [0.05, 0.1) is 19.9 Å². The van der Waals surface area contributed by atoms with Gasteiger partial charge in [0.1, 0.15) is 17.3 Å². The van der Waals surface area contributed by atoms with E-state index in [9.17, 15) is 9.18 Å². The number of carbonyl (C=O) groups is 1. The lowest BCUT2D eigenvalue weighted by molar-refractivity contribution is -0.116. The molecule has 0 aliphatic heterocycles. The lowest BCUT2D eigenvalue weighted by Crippen LogP contribution is -2.16. The molecule has 6 heteroatoms. The van der Waals surface area contributed by atoms with Gasteiger partial charge in [0.15, 0.2) is 0 Å². The van der Waals surface area contributed by atoms with Gasteiger partial charge in [0.25, 0.3) is 0 Å². The number of anilines is 2. The molecule has 0 aromatic heterocycles. The maximum Gasteiger partial charge on any atom is 0.226 e. The van der Waals surface area contributed by atoms with Gasteiger partial charge in [0.2, 0.25) is 5.91 Å². The van der Waals surface area contributed by atoms with Crippen molar-refractivity contribution in [1.82, 2.24) is 0 Å². The molecule has 23 heavy (non-hydrogen) atoms. The molecule has 0 heterocycles. The summed E-state index contributed by atoms with van der Waals surface area (Å²) in [5, 5.41) is 5.85. The molecule has 0 bridgehead atoms. The molecule has 0 spiro atoms. The number of benzene rings is 2. The molecule has 0 aliphatic rings. The Hall–Kier alpha value is -2.76. The van der Waals surface area contributed by atoms with Crippen molar-refractivity contribution < 1.29 is 18.7 Å². The van der Waals surface area contributed by atoms with Gasteiger partial charge in [-0.05, 0) is 36.4 Å². The summed E-state index contributed by atoms with van der Waals surface area (Å²) in [5.41, 5.74) is 1.35. The second kappa shape index (κ2) is 8.03. The first-order valence-electron chi connectivity index (χ1n) is 7.13. The van der Waals surface area contributed by atoms with Crippen molar-refractivity contribution in [3.05, 3.63) is 48.3 Å². The zero-order valence-corrected chi connectivity index (χ0v) is 13.1. The van der Waals surface area contributed by atoms with E-state index in [1.165, 1.54) is 19.2 Å². The standard InChI is InChI=1S/C17H19FN2O3/c1-22-14-7-8-15(16(11-14)23-2)20-17(21)9-10-19-13-5-3-12(18)4-6-13/h3-8,11,19H,9-10H2,1-2H3,(H,20,21). The number of nitrogens with one attached hydrogen (secondary N) is 2. The smallest absolute Gasteiger partial charge is 0.226 e. The third-order valence-corrected chi connectivity index (χ3v) is 3.21. The van der Waals surface area contributed by atoms with E-state index >= 15 is 0 Å². The van der Waals surface area contributed by atoms with Crippen molar-refractivity contribution in [2.45, 2.75) is 6.42 Å². The maximum atomic E-state index is 12.8. The highest BCUT2D eigenvalue weighted by Crippen LogP contribution is 2.29. The van der Waals surface area contributed by atoms with Crippen LogP contribution in [0.15, 0.2) is 42.5 Å². The summed E-state index contributed by atoms with van der Waals surface area (Å²) < 4.78 is 23.1. The van der Waals surface area contributed by atoms with Crippen molar-refractivity contribution >= 4 is 17.3 Å². The van der Waals surface area contributed by atoms with Crippen molar-refractivity contribution in [3.63, 3.8) is 0 Å². The minimum atomic E-state index is -0.292. The van der Waals surface area contributed by atoms with Gasteiger partial charge in [-0.2, -0.15) is 0 Å². The van der Waals surface area contributed by atoms with Crippen LogP contribution in [0.2, 0.25) is 0 Å². The molecule has 2 rings (SSSR count). The summed E-state index contributed by atoms with van der Waals surface area (Å²) in [6, 6.07) is 11.2. The zero-order valence-electron chi connectivity index (χ0n) is 13.1. The summed E-state index contributed by atoms with van der Waals surface area (Å²) >= 11 is 0. The third kappa shape index (κ3) is 4.88. The molecule has 0 saturated heterocycles. The fourth-order valence-corrected chi connectivity index (χ4v) is 2.00. The summed E-state index contributed by atoms with van der Waals surface area (Å²) in [6.45, 7) is 0.440. The Bertz CT molecular complexity index is 659. The molecular weight excluding hydrogens is 299 g/mol. The Labute approximate surface area is 134 Å². The topological polar surface area (TPSA) is 59.6 Å². The minimum absolute atomic E-state index is 0.150. The zero-order chi connectivity index (χ0) is 16.7. The van der Waals surface area contributed by atoms with Crippen LogP contribution >= 0.6 is 0 Å². The van der Waals surface area contributed by atoms with E-state index in [0.717, 1.165) is 5.69 Å². The highest BCUT2D eigenvalue weighted by molar-refractivity contribution is 5.92. The van der Waals surface area contributed by atoms with Crippen LogP contribution in [0.25, 0.3) is 0 Å². The van der Waals surface area contributed by atoms with Crippen molar-refractivity contribution in [3.8, 4) is 11.5 Å². The molecule has 0 fully saturated rings. The lowest BCUT2D eigenvalue weighted by atomic mass is 10.2. The summed E-state index contributed by atoms with van der Waals surface area (Å²) in [4.78, 5) is 12.0. The molecule has 0 unspecified atom stereocenters. The lowest BCUT2D eigenvalue weighted by Gasteiger charge is -2.12. The van der Waals surface area contributed by atoms with Crippen molar-refractivity contribution in [1.29, 1.82) is 0 Å². The number of amides is 1. The van der Waals surface area contributed by atoms with Crippen molar-refractivity contribution in [2.24, 2.45) is 0 Å². The second-order valence-corrected chi connectivity index (χ2v) is 4.80. The van der Waals surface area contributed by atoms with E-state index in [-0.39, 0.29) is 18.1 Å². The number of ether oxygens (including phenoxy) is 2. The van der Waals surface area contributed by atoms with Crippen LogP contribution in [0.3, 0.4) is 0 Å². The number of methoxy groups -OCH3 is 2. The number of hydrogen-bond donors (Lipinski definition) is 2. The van der Waals surface area contributed by atoms with Gasteiger partial charge in [-0.1, -0.05) is 0 Å². The molecule has 2 aromatic rings. The highest BCUT2D eigenvalue weighted by Gasteiger charge is 2.08. The minimum Gasteiger partial charge on any atom is -0.497 e. The predicted molar refractivity (Wildman–Crippen MR) is 87.7 cm³/mol. The molecule has 0 aliphatic carbocycles. The van der Waals surface area contributed by atoms with E-state index in [2.05, 4.69) is 10.6 Å². The summed E-state index contributed by atoms with van der Waals surface area (Å²) in [7, 11) is 3.09. The molecule has 0 atom stereocenters. The first kappa shape index (κ1) is 16.6. The first-order chi connectivity index (χ1) is 11.1. The molecular formula is C17H19FN2O3. The Morgan fingerprint density at radius 1 is 1.09 bits per heavy atom. The predicted octanol–water partition coefficient (Wildman–Crippen LogP) is 3.28. The van der Waals surface area contributed by atoms with E-state index in [0.29, 0.717) is 23.7 Å². The first-order valence-corrected chi connectivity index (χ1v) is 7.13. The van der Waals surface area contributed by atoms with E-state index in [1.807, 2.05) is 0 Å². The van der Waals surface area contributed by atoms with Crippen LogP contribution in [0, 0.1) is 5.82 Å². The fourth-order valence-electron chi connectivity index (χ4n) is 2.00. The Kier molecular flexibility index (Phi) is 5.80. The van der Waals surface area contributed by atoms with E-state index in [4.69, 9.17) is 9.47 Å². The second-order valence-electron chi connectivity index (χ2n) is 4.80. The Morgan fingerprint density at radius 3 is 2.48 bits per heavy atom. The number of rotatable bonds is 7. The van der Waals surface area contributed by atoms with Crippen LogP contribution in [-0.2, 0) is 4.79 Å². The maximum absolute atomic E-state index is 12.8. The molecule has 5 nitrogen and oxygen atoms in total. The Morgan fingerprint density at radius 2 is 1.83 bits per heavy atom. The summed E-state index contributed by atoms with van der Waals surface area (Å²) in [6.07, 6.45) is 0.270. The van der Waals surface area contributed by atoms with Crippen LogP contribution in [0.5, 0.6) is 11.5 Å². The largest absolute Gasteiger partial charge is 0.497 e. The van der Waals surface area contributed by atoms with Gasteiger partial charge in [-0.15, -0.1) is 0 Å². The monoisotopic (exact) mass is 318 g/mol. The van der Waals surface area contributed by atoms with Crippen LogP contribution in [0.4, 0.5) is 15.8 Å².